The Kier molecular flexibility index (Phi) is 6.46. The lowest BCUT2D eigenvalue weighted by Crippen LogP contribution is -2.48. The number of likely N-dealkylation sites (tertiary alicyclic amines) is 1. The molecule has 1 spiro atoms. The van der Waals surface area contributed by atoms with Gasteiger partial charge in [0.2, 0.25) is 0 Å². The first kappa shape index (κ1) is 27.6. The maximum absolute atomic E-state index is 15.7. The molecule has 1 aromatic carbocycles. The molecule has 15 heteroatoms. The van der Waals surface area contributed by atoms with E-state index in [0.29, 0.717) is 74.9 Å². The second-order valence-corrected chi connectivity index (χ2v) is 12.5. The van der Waals surface area contributed by atoms with Gasteiger partial charge in [-0.3, -0.25) is 9.69 Å². The number of hydrogen-bond donors (Lipinski definition) is 4. The minimum absolute atomic E-state index is 0.0712. The third kappa shape index (κ3) is 4.56. The van der Waals surface area contributed by atoms with E-state index >= 15 is 8.78 Å². The second-order valence-electron chi connectivity index (χ2n) is 12.5. The molecule has 3 fully saturated rings. The summed E-state index contributed by atoms with van der Waals surface area (Å²) in [6.45, 7) is 3.04. The number of nitrogens with one attached hydrogen (secondary N) is 4. The lowest BCUT2D eigenvalue weighted by atomic mass is 9.90. The van der Waals surface area contributed by atoms with Crippen LogP contribution in [0.3, 0.4) is 0 Å². The highest BCUT2D eigenvalue weighted by Gasteiger charge is 2.48. The van der Waals surface area contributed by atoms with Crippen molar-refractivity contribution in [3.8, 4) is 5.88 Å². The molecule has 6 heterocycles. The molecule has 4 aliphatic heterocycles. The highest BCUT2D eigenvalue weighted by molar-refractivity contribution is 5.95. The monoisotopic (exact) mass is 609 g/mol. The quantitative estimate of drug-likeness (QED) is 0.337. The van der Waals surface area contributed by atoms with Gasteiger partial charge in [0.25, 0.3) is 11.8 Å². The number of amides is 2. The summed E-state index contributed by atoms with van der Waals surface area (Å²) in [6, 6.07) is 0.223. The molecule has 5 aliphatic rings. The van der Waals surface area contributed by atoms with Crippen LogP contribution in [0.25, 0.3) is 11.0 Å². The number of ether oxygens (including phenoxy) is 2. The minimum Gasteiger partial charge on any atom is -0.465 e. The Morgan fingerprint density at radius 3 is 2.70 bits per heavy atom. The molecular formula is C29H33F2N9O4. The third-order valence-corrected chi connectivity index (χ3v) is 9.75. The number of piperidine rings is 1. The van der Waals surface area contributed by atoms with Gasteiger partial charge < -0.3 is 35.3 Å². The van der Waals surface area contributed by atoms with Crippen molar-refractivity contribution in [3.05, 3.63) is 34.8 Å². The van der Waals surface area contributed by atoms with Crippen molar-refractivity contribution in [2.45, 2.75) is 49.8 Å². The van der Waals surface area contributed by atoms with Gasteiger partial charge in [-0.1, -0.05) is 0 Å². The fourth-order valence-electron chi connectivity index (χ4n) is 7.36. The standard InChI is InChI=1S/C29H33F2N9O4/c1-32-15-8-18(33-9-15)25-37-23-21(30)16-6-14(7-17(16)22(31)24(23)38-25)11-39-4-2-29(3-5-39)13-40(28(42)44-29)19-10-34-27-26(35-19)36-20(41)12-43-27/h10,14-15,18,32-33H,2-9,11-13H2,1H3,(H,37,38)(H,35,36,41)/t15-,18+/m1/s1. The zero-order valence-corrected chi connectivity index (χ0v) is 24.2. The minimum atomic E-state index is -0.661. The fourth-order valence-corrected chi connectivity index (χ4v) is 7.36. The van der Waals surface area contributed by atoms with E-state index in [0.717, 1.165) is 13.0 Å². The summed E-state index contributed by atoms with van der Waals surface area (Å²) in [7, 11) is 1.90. The molecule has 0 bridgehead atoms. The SMILES string of the molecule is CN[C@H]1CN[C@H](c2nc3c(F)c4c(c(F)c3[nH]2)CC(CN2CCC3(CC2)CN(c2cnc5c(n2)NC(=O)CO5)C(=O)O3)C4)C1. The molecule has 1 aliphatic carbocycles. The highest BCUT2D eigenvalue weighted by atomic mass is 19.1. The van der Waals surface area contributed by atoms with Crippen LogP contribution in [0.5, 0.6) is 5.88 Å². The van der Waals surface area contributed by atoms with Crippen molar-refractivity contribution < 1.29 is 27.8 Å². The highest BCUT2D eigenvalue weighted by Crippen LogP contribution is 2.39. The van der Waals surface area contributed by atoms with E-state index in [-0.39, 0.29) is 53.0 Å². The van der Waals surface area contributed by atoms with Gasteiger partial charge in [-0.15, -0.1) is 0 Å². The van der Waals surface area contributed by atoms with E-state index in [9.17, 15) is 9.59 Å². The number of rotatable bonds is 5. The maximum Gasteiger partial charge on any atom is 0.416 e. The number of likely N-dealkylation sites (N-methyl/N-ethyl adjacent to an activating group) is 1. The summed E-state index contributed by atoms with van der Waals surface area (Å²) in [6.07, 6.45) is 3.89. The number of fused-ring (bicyclic) bond motifs is 3. The molecule has 44 heavy (non-hydrogen) atoms. The number of carbonyl (C=O) groups excluding carboxylic acids is 2. The lowest BCUT2D eigenvalue weighted by Gasteiger charge is -2.38. The molecule has 0 saturated carbocycles. The average molecular weight is 610 g/mol. The van der Waals surface area contributed by atoms with E-state index in [1.54, 1.807) is 0 Å². The summed E-state index contributed by atoms with van der Waals surface area (Å²) >= 11 is 0. The van der Waals surface area contributed by atoms with Gasteiger partial charge in [0.15, 0.2) is 29.9 Å². The fraction of sp³-hybridized carbons (Fsp3) is 0.552. The van der Waals surface area contributed by atoms with Gasteiger partial charge in [-0.25, -0.2) is 28.5 Å². The van der Waals surface area contributed by atoms with E-state index < -0.39 is 23.3 Å². The molecule has 232 valence electrons. The van der Waals surface area contributed by atoms with Crippen LogP contribution in [0.2, 0.25) is 0 Å². The Morgan fingerprint density at radius 1 is 1.14 bits per heavy atom. The number of imidazole rings is 1. The molecule has 1 unspecified atom stereocenters. The number of aromatic amines is 1. The number of aromatic nitrogens is 4. The number of H-pyrrole nitrogens is 1. The van der Waals surface area contributed by atoms with Crippen molar-refractivity contribution in [2.75, 3.05) is 56.6 Å². The van der Waals surface area contributed by atoms with Gasteiger partial charge in [0.05, 0.1) is 18.8 Å². The van der Waals surface area contributed by atoms with Crippen LogP contribution in [0.15, 0.2) is 6.20 Å². The molecule has 3 aromatic rings. The molecule has 8 rings (SSSR count). The molecule has 4 N–H and O–H groups in total. The summed E-state index contributed by atoms with van der Waals surface area (Å²) < 4.78 is 42.5. The van der Waals surface area contributed by atoms with E-state index in [2.05, 4.69) is 40.8 Å². The van der Waals surface area contributed by atoms with E-state index in [1.165, 1.54) is 11.1 Å². The Balaban J connectivity index is 0.910. The Bertz CT molecular complexity index is 1630. The van der Waals surface area contributed by atoms with Crippen LogP contribution in [-0.4, -0.2) is 94.9 Å². The molecule has 0 radical (unpaired) electrons. The largest absolute Gasteiger partial charge is 0.465 e. The van der Waals surface area contributed by atoms with Gasteiger partial charge in [-0.2, -0.15) is 0 Å². The zero-order valence-electron chi connectivity index (χ0n) is 24.2. The number of anilines is 2. The predicted molar refractivity (Wildman–Crippen MR) is 154 cm³/mol. The van der Waals surface area contributed by atoms with E-state index in [1.807, 2.05) is 7.05 Å². The molecule has 3 saturated heterocycles. The molecule has 2 amide bonds. The van der Waals surface area contributed by atoms with Crippen LogP contribution in [0.4, 0.5) is 25.2 Å². The van der Waals surface area contributed by atoms with Gasteiger partial charge >= 0.3 is 6.09 Å². The van der Waals surface area contributed by atoms with Crippen LogP contribution < -0.4 is 25.6 Å². The topological polar surface area (TPSA) is 150 Å². The normalized spacial score (nSPS) is 24.9. The molecule has 2 aromatic heterocycles. The summed E-state index contributed by atoms with van der Waals surface area (Å²) in [5.74, 6) is 0.164. The van der Waals surface area contributed by atoms with Crippen LogP contribution >= 0.6 is 0 Å². The maximum atomic E-state index is 15.7. The van der Waals surface area contributed by atoms with Gasteiger partial charge in [0.1, 0.15) is 22.5 Å². The molecule has 13 nitrogen and oxygen atoms in total. The number of hydrogen-bond acceptors (Lipinski definition) is 10. The number of carbonyl (C=O) groups is 2. The Labute approximate surface area is 251 Å². The number of benzene rings is 1. The van der Waals surface area contributed by atoms with E-state index in [4.69, 9.17) is 9.47 Å². The zero-order chi connectivity index (χ0) is 30.2. The molecule has 3 atom stereocenters. The lowest BCUT2D eigenvalue weighted by molar-refractivity contribution is -0.118. The first-order valence-electron chi connectivity index (χ1n) is 15.1. The summed E-state index contributed by atoms with van der Waals surface area (Å²) in [5, 5.41) is 9.20. The smallest absolute Gasteiger partial charge is 0.416 e. The van der Waals surface area contributed by atoms with Crippen LogP contribution in [0.1, 0.15) is 42.3 Å². The Morgan fingerprint density at radius 2 is 1.93 bits per heavy atom. The van der Waals surface area contributed by atoms with Crippen molar-refractivity contribution >= 4 is 34.7 Å². The summed E-state index contributed by atoms with van der Waals surface area (Å²) in [4.78, 5) is 44.4. The van der Waals surface area contributed by atoms with Crippen molar-refractivity contribution in [1.82, 2.24) is 35.5 Å². The first-order valence-corrected chi connectivity index (χ1v) is 15.1. The van der Waals surface area contributed by atoms with Crippen molar-refractivity contribution in [2.24, 2.45) is 5.92 Å². The first-order chi connectivity index (χ1) is 21.3. The number of halogens is 2. The number of nitrogens with zero attached hydrogens (tertiary/aromatic N) is 5. The summed E-state index contributed by atoms with van der Waals surface area (Å²) in [5.41, 5.74) is 0.456. The average Bonchev–Trinajstić information content (AvgIpc) is 3.82. The van der Waals surface area contributed by atoms with Crippen LogP contribution in [0, 0.1) is 17.6 Å². The Hall–Kier alpha value is -3.95. The predicted octanol–water partition coefficient (Wildman–Crippen LogP) is 1.79. The molecular weight excluding hydrogens is 576 g/mol. The van der Waals surface area contributed by atoms with Gasteiger partial charge in [-0.05, 0) is 43.4 Å². The van der Waals surface area contributed by atoms with Crippen molar-refractivity contribution in [3.63, 3.8) is 0 Å². The van der Waals surface area contributed by atoms with Crippen molar-refractivity contribution in [1.29, 1.82) is 0 Å². The second kappa shape index (κ2) is 10.3. The third-order valence-electron chi connectivity index (χ3n) is 9.75. The van der Waals surface area contributed by atoms with Gasteiger partial charge in [0, 0.05) is 45.1 Å². The van der Waals surface area contributed by atoms with Crippen LogP contribution in [-0.2, 0) is 22.4 Å².